The topological polar surface area (TPSA) is 121 Å². The van der Waals surface area contributed by atoms with E-state index in [1.807, 2.05) is 12.2 Å². The highest BCUT2D eigenvalue weighted by Crippen LogP contribution is 2.20. The lowest BCUT2D eigenvalue weighted by Crippen LogP contribution is -2.29. The fraction of sp³-hybridized carbons (Fsp3) is 0.500. The van der Waals surface area contributed by atoms with Crippen LogP contribution in [0.3, 0.4) is 0 Å². The fourth-order valence-corrected chi connectivity index (χ4v) is 1.95. The molecular formula is C14H18N2O6. The highest BCUT2D eigenvalue weighted by atomic mass is 16.5. The average Bonchev–Trinajstić information content (AvgIpc) is 2.97. The third kappa shape index (κ3) is 4.88. The minimum atomic E-state index is -0.945. The van der Waals surface area contributed by atoms with Crippen molar-refractivity contribution in [1.82, 2.24) is 10.4 Å². The molecule has 8 nitrogen and oxygen atoms in total. The van der Waals surface area contributed by atoms with E-state index in [-0.39, 0.29) is 29.1 Å². The zero-order valence-electron chi connectivity index (χ0n) is 12.2. The van der Waals surface area contributed by atoms with Gasteiger partial charge in [-0.05, 0) is 6.42 Å². The Morgan fingerprint density at radius 2 is 1.82 bits per heavy atom. The summed E-state index contributed by atoms with van der Waals surface area (Å²) >= 11 is 0. The van der Waals surface area contributed by atoms with Crippen molar-refractivity contribution in [3.63, 3.8) is 0 Å². The third-order valence-electron chi connectivity index (χ3n) is 3.17. The lowest BCUT2D eigenvalue weighted by Gasteiger charge is -2.05. The molecule has 8 heteroatoms. The van der Waals surface area contributed by atoms with Crippen molar-refractivity contribution in [3.8, 4) is 0 Å². The first-order chi connectivity index (χ1) is 10.4. The second kappa shape index (κ2) is 8.18. The maximum Gasteiger partial charge on any atom is 0.264 e. The molecule has 0 aromatic heterocycles. The molecule has 0 aromatic carbocycles. The average molecular weight is 310 g/mol. The SMILES string of the molecule is CCCCCC(=O)C1CC(=O)N(O)C1=O.O=C1C=CC(=O)N1. The van der Waals surface area contributed by atoms with Crippen molar-refractivity contribution in [1.29, 1.82) is 0 Å². The van der Waals surface area contributed by atoms with Gasteiger partial charge in [-0.15, -0.1) is 0 Å². The minimum Gasteiger partial charge on any atom is -0.299 e. The van der Waals surface area contributed by atoms with Gasteiger partial charge in [0.15, 0.2) is 0 Å². The molecule has 1 saturated heterocycles. The maximum absolute atomic E-state index is 11.5. The maximum atomic E-state index is 11.5. The Hall–Kier alpha value is -2.35. The number of rotatable bonds is 5. The number of hydrogen-bond acceptors (Lipinski definition) is 6. The van der Waals surface area contributed by atoms with E-state index in [4.69, 9.17) is 5.21 Å². The van der Waals surface area contributed by atoms with Crippen LogP contribution in [0.15, 0.2) is 12.2 Å². The summed E-state index contributed by atoms with van der Waals surface area (Å²) in [4.78, 5) is 53.7. The molecule has 2 N–H and O–H groups in total. The molecule has 2 rings (SSSR count). The van der Waals surface area contributed by atoms with Crippen LogP contribution < -0.4 is 5.32 Å². The molecule has 0 saturated carbocycles. The number of imide groups is 2. The van der Waals surface area contributed by atoms with Crippen molar-refractivity contribution < 1.29 is 29.2 Å². The number of hydroxylamine groups is 2. The second-order valence-corrected chi connectivity index (χ2v) is 4.91. The molecule has 0 bridgehead atoms. The smallest absolute Gasteiger partial charge is 0.264 e. The number of hydrogen-bond donors (Lipinski definition) is 2. The molecule has 2 aliphatic heterocycles. The number of Topliss-reactive ketones (excluding diaryl/α,β-unsaturated/α-hetero) is 1. The molecule has 1 unspecified atom stereocenters. The summed E-state index contributed by atoms with van der Waals surface area (Å²) in [6, 6.07) is 0. The van der Waals surface area contributed by atoms with Gasteiger partial charge in [-0.1, -0.05) is 19.8 Å². The van der Waals surface area contributed by atoms with E-state index in [1.165, 1.54) is 12.2 Å². The Morgan fingerprint density at radius 1 is 1.23 bits per heavy atom. The van der Waals surface area contributed by atoms with E-state index in [9.17, 15) is 24.0 Å². The lowest BCUT2D eigenvalue weighted by molar-refractivity contribution is -0.172. The third-order valence-corrected chi connectivity index (χ3v) is 3.17. The second-order valence-electron chi connectivity index (χ2n) is 4.91. The molecule has 0 aromatic rings. The Labute approximate surface area is 127 Å². The van der Waals surface area contributed by atoms with Crippen molar-refractivity contribution >= 4 is 29.4 Å². The Morgan fingerprint density at radius 3 is 2.18 bits per heavy atom. The molecular weight excluding hydrogens is 292 g/mol. The van der Waals surface area contributed by atoms with Crippen LogP contribution >= 0.6 is 0 Å². The molecule has 1 fully saturated rings. The number of carbonyl (C=O) groups is 5. The van der Waals surface area contributed by atoms with Crippen LogP contribution in [0, 0.1) is 5.92 Å². The first-order valence-corrected chi connectivity index (χ1v) is 6.98. The number of amides is 4. The van der Waals surface area contributed by atoms with Gasteiger partial charge in [-0.3, -0.25) is 34.5 Å². The minimum absolute atomic E-state index is 0.0579. The molecule has 2 aliphatic rings. The summed E-state index contributed by atoms with van der Waals surface area (Å²) < 4.78 is 0. The van der Waals surface area contributed by atoms with E-state index in [0.717, 1.165) is 19.3 Å². The molecule has 120 valence electrons. The summed E-state index contributed by atoms with van der Waals surface area (Å²) in [6.07, 6.45) is 5.19. The first-order valence-electron chi connectivity index (χ1n) is 6.98. The van der Waals surface area contributed by atoms with Crippen molar-refractivity contribution in [2.75, 3.05) is 0 Å². The van der Waals surface area contributed by atoms with Gasteiger partial charge in [-0.2, -0.15) is 5.06 Å². The molecule has 22 heavy (non-hydrogen) atoms. The highest BCUT2D eigenvalue weighted by Gasteiger charge is 2.41. The zero-order chi connectivity index (χ0) is 16.7. The normalized spacial score (nSPS) is 20.1. The standard InChI is InChI=1S/C10H15NO4.C4H3NO2/c1-2-3-4-5-8(12)7-6-9(13)11(15)10(7)14;6-3-1-2-4(7)5-3/h7,15H,2-6H2,1H3;1-2H,(H,5,6,7). The van der Waals surface area contributed by atoms with Crippen LogP contribution in [0.4, 0.5) is 0 Å². The van der Waals surface area contributed by atoms with Gasteiger partial charge >= 0.3 is 0 Å². The van der Waals surface area contributed by atoms with Crippen molar-refractivity contribution in [3.05, 3.63) is 12.2 Å². The highest BCUT2D eigenvalue weighted by molar-refractivity contribution is 6.13. The van der Waals surface area contributed by atoms with E-state index in [0.29, 0.717) is 6.42 Å². The van der Waals surface area contributed by atoms with E-state index in [2.05, 4.69) is 0 Å². The number of nitrogens with one attached hydrogen (secondary N) is 1. The van der Waals surface area contributed by atoms with Crippen LogP contribution in [0.5, 0.6) is 0 Å². The van der Waals surface area contributed by atoms with Gasteiger partial charge in [0.05, 0.1) is 0 Å². The van der Waals surface area contributed by atoms with Gasteiger partial charge < -0.3 is 0 Å². The Bertz CT molecular complexity index is 509. The molecule has 1 atom stereocenters. The summed E-state index contributed by atoms with van der Waals surface area (Å²) in [5, 5.41) is 11.0. The number of nitrogens with zero attached hydrogens (tertiary/aromatic N) is 1. The van der Waals surface area contributed by atoms with Crippen LogP contribution in [-0.4, -0.2) is 39.7 Å². The van der Waals surface area contributed by atoms with Crippen LogP contribution in [0.25, 0.3) is 0 Å². The Balaban J connectivity index is 0.000000287. The molecule has 2 heterocycles. The van der Waals surface area contributed by atoms with Crippen molar-refractivity contribution in [2.45, 2.75) is 39.0 Å². The molecule has 0 spiro atoms. The van der Waals surface area contributed by atoms with E-state index < -0.39 is 17.7 Å². The fourth-order valence-electron chi connectivity index (χ4n) is 1.95. The van der Waals surface area contributed by atoms with Crippen molar-refractivity contribution in [2.24, 2.45) is 5.92 Å². The van der Waals surface area contributed by atoms with Gasteiger partial charge in [0.25, 0.3) is 23.6 Å². The molecule has 0 aliphatic carbocycles. The number of carbonyl (C=O) groups excluding carboxylic acids is 5. The van der Waals surface area contributed by atoms with Gasteiger partial charge in [0.2, 0.25) is 0 Å². The van der Waals surface area contributed by atoms with Crippen LogP contribution in [0.2, 0.25) is 0 Å². The van der Waals surface area contributed by atoms with Crippen LogP contribution in [-0.2, 0) is 24.0 Å². The summed E-state index contributed by atoms with van der Waals surface area (Å²) in [7, 11) is 0. The van der Waals surface area contributed by atoms with Gasteiger partial charge in [0.1, 0.15) is 11.7 Å². The first kappa shape index (κ1) is 17.7. The summed E-state index contributed by atoms with van der Waals surface area (Å²) in [5.41, 5.74) is 0. The lowest BCUT2D eigenvalue weighted by atomic mass is 9.98. The predicted octanol–water partition coefficient (Wildman–Crippen LogP) is 0.0991. The summed E-state index contributed by atoms with van der Waals surface area (Å²) in [5.74, 6) is -3.30. The van der Waals surface area contributed by atoms with E-state index >= 15 is 0 Å². The number of unbranched alkanes of at least 4 members (excludes halogenated alkanes) is 2. The van der Waals surface area contributed by atoms with Gasteiger partial charge in [-0.25, -0.2) is 0 Å². The largest absolute Gasteiger partial charge is 0.299 e. The van der Waals surface area contributed by atoms with Gasteiger partial charge in [0, 0.05) is 25.0 Å². The summed E-state index contributed by atoms with van der Waals surface area (Å²) in [6.45, 7) is 2.02. The molecule has 0 radical (unpaired) electrons. The van der Waals surface area contributed by atoms with Crippen LogP contribution in [0.1, 0.15) is 39.0 Å². The van der Waals surface area contributed by atoms with E-state index in [1.54, 1.807) is 0 Å². The molecule has 4 amide bonds. The monoisotopic (exact) mass is 310 g/mol. The Kier molecular flexibility index (Phi) is 6.58. The number of ketones is 1. The predicted molar refractivity (Wildman–Crippen MR) is 73.2 cm³/mol. The zero-order valence-corrected chi connectivity index (χ0v) is 12.2. The quantitative estimate of drug-likeness (QED) is 0.321.